The fourth-order valence-electron chi connectivity index (χ4n) is 1.29. The van der Waals surface area contributed by atoms with Crippen molar-refractivity contribution >= 4 is 12.0 Å². The summed E-state index contributed by atoms with van der Waals surface area (Å²) in [6.07, 6.45) is -0.599. The number of carbonyl (C=O) groups is 2. The van der Waals surface area contributed by atoms with Crippen LogP contribution in [-0.2, 0) is 9.53 Å². The molecule has 0 bridgehead atoms. The van der Waals surface area contributed by atoms with Crippen molar-refractivity contribution in [3.63, 3.8) is 0 Å². The lowest BCUT2D eigenvalue weighted by Gasteiger charge is -2.03. The van der Waals surface area contributed by atoms with Crippen LogP contribution in [0.25, 0.3) is 0 Å². The van der Waals surface area contributed by atoms with Gasteiger partial charge in [-0.05, 0) is 19.8 Å². The molecule has 1 aliphatic rings. The predicted molar refractivity (Wildman–Crippen MR) is 67.7 cm³/mol. The van der Waals surface area contributed by atoms with Crippen molar-refractivity contribution in [3.05, 3.63) is 35.9 Å². The van der Waals surface area contributed by atoms with E-state index in [-0.39, 0.29) is 6.61 Å². The van der Waals surface area contributed by atoms with Crippen molar-refractivity contribution in [3.8, 4) is 11.8 Å². The van der Waals surface area contributed by atoms with E-state index in [4.69, 9.17) is 0 Å². The number of ether oxygens (including phenoxy) is 1. The van der Waals surface area contributed by atoms with Crippen LogP contribution >= 0.6 is 0 Å². The smallest absolute Gasteiger partial charge is 0.417 e. The van der Waals surface area contributed by atoms with Gasteiger partial charge in [0.2, 0.25) is 0 Å². The Labute approximate surface area is 107 Å². The lowest BCUT2D eigenvalue weighted by molar-refractivity contribution is -0.121. The van der Waals surface area contributed by atoms with E-state index in [2.05, 4.69) is 35.6 Å². The van der Waals surface area contributed by atoms with Gasteiger partial charge in [-0.1, -0.05) is 41.8 Å². The van der Waals surface area contributed by atoms with Crippen LogP contribution < -0.4 is 0 Å². The second-order valence-electron chi connectivity index (χ2n) is 3.60. The van der Waals surface area contributed by atoms with E-state index in [1.165, 1.54) is 5.56 Å². The van der Waals surface area contributed by atoms with Gasteiger partial charge in [0.05, 0.1) is 6.54 Å². The predicted octanol–water partition coefficient (Wildman–Crippen LogP) is 1.98. The molecular formula is C14H15NO3. The number of hydrogen-bond acceptors (Lipinski definition) is 3. The summed E-state index contributed by atoms with van der Waals surface area (Å²) < 4.78 is 4.53. The highest BCUT2D eigenvalue weighted by Crippen LogP contribution is 2.02. The zero-order chi connectivity index (χ0) is 13.4. The summed E-state index contributed by atoms with van der Waals surface area (Å²) >= 11 is 0. The zero-order valence-corrected chi connectivity index (χ0v) is 10.5. The summed E-state index contributed by atoms with van der Waals surface area (Å²) in [5, 5.41) is 0. The summed E-state index contributed by atoms with van der Waals surface area (Å²) in [6, 6.07) is 10.3. The van der Waals surface area contributed by atoms with E-state index in [0.717, 1.165) is 4.90 Å². The fraction of sp³-hybridized carbons (Fsp3) is 0.286. The summed E-state index contributed by atoms with van der Waals surface area (Å²) in [5.41, 5.74) is 1.32. The molecular weight excluding hydrogens is 230 g/mol. The van der Waals surface area contributed by atoms with Crippen LogP contribution in [0.1, 0.15) is 12.5 Å². The Balaban J connectivity index is 0.000000199. The quantitative estimate of drug-likeness (QED) is 0.657. The van der Waals surface area contributed by atoms with Gasteiger partial charge in [-0.15, -0.1) is 0 Å². The Bertz CT molecular complexity index is 471. The molecule has 0 aromatic heterocycles. The van der Waals surface area contributed by atoms with Gasteiger partial charge in [-0.2, -0.15) is 0 Å². The molecule has 2 amide bonds. The molecule has 1 fully saturated rings. The van der Waals surface area contributed by atoms with Crippen LogP contribution in [0, 0.1) is 18.8 Å². The maximum absolute atomic E-state index is 10.9. The van der Waals surface area contributed by atoms with Gasteiger partial charge in [-0.3, -0.25) is 4.79 Å². The Morgan fingerprint density at radius 2 is 2.00 bits per heavy atom. The molecule has 4 heteroatoms. The molecule has 0 spiro atoms. The van der Waals surface area contributed by atoms with Gasteiger partial charge in [-0.25, -0.2) is 9.69 Å². The first-order valence-corrected chi connectivity index (χ1v) is 5.58. The van der Waals surface area contributed by atoms with Crippen molar-refractivity contribution in [1.82, 2.24) is 4.90 Å². The largest absolute Gasteiger partial charge is 0.447 e. The fourth-order valence-corrected chi connectivity index (χ4v) is 1.29. The van der Waals surface area contributed by atoms with Crippen molar-refractivity contribution < 1.29 is 14.3 Å². The maximum atomic E-state index is 10.9. The first-order valence-electron chi connectivity index (χ1n) is 5.58. The summed E-state index contributed by atoms with van der Waals surface area (Å²) in [4.78, 5) is 22.6. The van der Waals surface area contributed by atoms with Crippen LogP contribution in [0.3, 0.4) is 0 Å². The third-order valence-electron chi connectivity index (χ3n) is 2.18. The monoisotopic (exact) mass is 245 g/mol. The van der Waals surface area contributed by atoms with Crippen molar-refractivity contribution in [2.45, 2.75) is 13.8 Å². The Morgan fingerprint density at radius 3 is 2.39 bits per heavy atom. The number of rotatable bonds is 0. The molecule has 18 heavy (non-hydrogen) atoms. The van der Waals surface area contributed by atoms with Crippen LogP contribution in [-0.4, -0.2) is 30.1 Å². The normalized spacial score (nSPS) is 12.8. The zero-order valence-electron chi connectivity index (χ0n) is 10.5. The highest BCUT2D eigenvalue weighted by molar-refractivity contribution is 6.03. The number of nitrogens with zero attached hydrogens (tertiary/aromatic N) is 1. The van der Waals surface area contributed by atoms with E-state index in [1.807, 2.05) is 18.2 Å². The molecule has 1 saturated heterocycles. The van der Waals surface area contributed by atoms with Crippen molar-refractivity contribution in [2.24, 2.45) is 0 Å². The second-order valence-corrected chi connectivity index (χ2v) is 3.60. The molecule has 2 rings (SSSR count). The van der Waals surface area contributed by atoms with Crippen molar-refractivity contribution in [2.75, 3.05) is 13.2 Å². The number of amides is 2. The Hall–Kier alpha value is -2.28. The maximum Gasteiger partial charge on any atom is 0.417 e. The third kappa shape index (κ3) is 4.30. The molecule has 0 atom stereocenters. The minimum Gasteiger partial charge on any atom is -0.447 e. The molecule has 94 valence electrons. The highest BCUT2D eigenvalue weighted by atomic mass is 16.6. The summed E-state index contributed by atoms with van der Waals surface area (Å²) in [5.74, 6) is 4.18. The van der Waals surface area contributed by atoms with Gasteiger partial charge in [0.25, 0.3) is 0 Å². The molecule has 0 unspecified atom stereocenters. The van der Waals surface area contributed by atoms with E-state index >= 15 is 0 Å². The average Bonchev–Trinajstić information content (AvgIpc) is 2.78. The number of carbonyl (C=O) groups excluding carboxylic acids is 2. The van der Waals surface area contributed by atoms with Gasteiger partial charge >= 0.3 is 12.0 Å². The molecule has 1 heterocycles. The topological polar surface area (TPSA) is 46.6 Å². The standard InChI is InChI=1S/C7H7NO3.C7H8/c1-2-3-6(9)8-4-5-11-7(8)10;1-7-5-3-2-4-6-7/h4-5H2,1H3;2-6H,1H3. The van der Waals surface area contributed by atoms with Gasteiger partial charge in [0, 0.05) is 0 Å². The molecule has 1 aromatic rings. The van der Waals surface area contributed by atoms with E-state index in [0.29, 0.717) is 6.54 Å². The summed E-state index contributed by atoms with van der Waals surface area (Å²) in [7, 11) is 0. The molecule has 4 nitrogen and oxygen atoms in total. The number of aryl methyl sites for hydroxylation is 1. The second kappa shape index (κ2) is 7.13. The van der Waals surface area contributed by atoms with Gasteiger partial charge in [0.1, 0.15) is 6.61 Å². The minimum absolute atomic E-state index is 0.274. The van der Waals surface area contributed by atoms with Crippen molar-refractivity contribution in [1.29, 1.82) is 0 Å². The molecule has 0 aliphatic carbocycles. The third-order valence-corrected chi connectivity index (χ3v) is 2.18. The van der Waals surface area contributed by atoms with E-state index in [1.54, 1.807) is 6.92 Å². The van der Waals surface area contributed by atoms with E-state index in [9.17, 15) is 9.59 Å². The number of imide groups is 1. The highest BCUT2D eigenvalue weighted by Gasteiger charge is 2.26. The Morgan fingerprint density at radius 1 is 1.33 bits per heavy atom. The number of cyclic esters (lactones) is 1. The number of benzene rings is 1. The van der Waals surface area contributed by atoms with Gasteiger partial charge < -0.3 is 4.74 Å². The molecule has 1 aliphatic heterocycles. The first-order chi connectivity index (χ1) is 8.65. The van der Waals surface area contributed by atoms with Crippen LogP contribution in [0.5, 0.6) is 0 Å². The molecule has 0 N–H and O–H groups in total. The first kappa shape index (κ1) is 13.8. The van der Waals surface area contributed by atoms with E-state index < -0.39 is 12.0 Å². The molecule has 1 aromatic carbocycles. The van der Waals surface area contributed by atoms with Crippen LogP contribution in [0.4, 0.5) is 4.79 Å². The molecule has 0 saturated carbocycles. The Kier molecular flexibility index (Phi) is 5.46. The average molecular weight is 245 g/mol. The SMILES string of the molecule is CC#CC(=O)N1CCOC1=O.Cc1ccccc1. The lowest BCUT2D eigenvalue weighted by atomic mass is 10.2. The summed E-state index contributed by atoms with van der Waals surface area (Å²) in [6.45, 7) is 4.21. The number of hydrogen-bond donors (Lipinski definition) is 0. The minimum atomic E-state index is -0.599. The lowest BCUT2D eigenvalue weighted by Crippen LogP contribution is -2.30. The van der Waals surface area contributed by atoms with Crippen LogP contribution in [0.15, 0.2) is 30.3 Å². The van der Waals surface area contributed by atoms with Crippen LogP contribution in [0.2, 0.25) is 0 Å². The molecule has 0 radical (unpaired) electrons. The van der Waals surface area contributed by atoms with Gasteiger partial charge in [0.15, 0.2) is 0 Å².